The lowest BCUT2D eigenvalue weighted by Gasteiger charge is -2.30. The number of hydrogen-bond acceptors (Lipinski definition) is 3. The van der Waals surface area contributed by atoms with E-state index in [1.165, 1.54) is 4.90 Å². The van der Waals surface area contributed by atoms with Gasteiger partial charge in [-0.3, -0.25) is 14.5 Å². The van der Waals surface area contributed by atoms with Crippen LogP contribution in [-0.4, -0.2) is 54.8 Å². The number of carbonyl (C=O) groups excluding carboxylic acids is 2. The van der Waals surface area contributed by atoms with Crippen molar-refractivity contribution in [3.8, 4) is 0 Å². The number of nitrogens with zero attached hydrogens (tertiary/aromatic N) is 2. The fourth-order valence-electron chi connectivity index (χ4n) is 2.61. The van der Waals surface area contributed by atoms with Gasteiger partial charge in [-0.15, -0.1) is 0 Å². The number of amides is 2. The molecule has 2 amide bonds. The molecule has 1 heterocycles. The largest absolute Gasteiger partial charge is 0.335 e. The van der Waals surface area contributed by atoms with E-state index in [4.69, 9.17) is 23.2 Å². The Labute approximate surface area is 152 Å². The Morgan fingerprint density at radius 1 is 1.25 bits per heavy atom. The molecule has 1 N–H and O–H groups in total. The van der Waals surface area contributed by atoms with Gasteiger partial charge in [0, 0.05) is 12.7 Å². The van der Waals surface area contributed by atoms with Gasteiger partial charge in [-0.1, -0.05) is 30.1 Å². The van der Waals surface area contributed by atoms with Crippen LogP contribution in [0.3, 0.4) is 0 Å². The summed E-state index contributed by atoms with van der Waals surface area (Å²) < 4.78 is 0. The van der Waals surface area contributed by atoms with Gasteiger partial charge in [-0.2, -0.15) is 0 Å². The number of rotatable bonds is 5. The van der Waals surface area contributed by atoms with Crippen molar-refractivity contribution in [2.24, 2.45) is 5.92 Å². The summed E-state index contributed by atoms with van der Waals surface area (Å²) in [5.41, 5.74) is 0.556. The smallest absolute Gasteiger partial charge is 0.243 e. The van der Waals surface area contributed by atoms with Crippen molar-refractivity contribution in [1.29, 1.82) is 0 Å². The van der Waals surface area contributed by atoms with E-state index in [1.807, 2.05) is 0 Å². The molecule has 0 unspecified atom stereocenters. The predicted molar refractivity (Wildman–Crippen MR) is 97.6 cm³/mol. The van der Waals surface area contributed by atoms with Crippen molar-refractivity contribution >= 4 is 40.7 Å². The maximum absolute atomic E-state index is 12.2. The first-order valence-corrected chi connectivity index (χ1v) is 8.82. The van der Waals surface area contributed by atoms with Crippen molar-refractivity contribution in [1.82, 2.24) is 9.80 Å². The average molecular weight is 372 g/mol. The predicted octanol–water partition coefficient (Wildman–Crippen LogP) is 3.12. The summed E-state index contributed by atoms with van der Waals surface area (Å²) in [5, 5.41) is 3.52. The number of likely N-dealkylation sites (tertiary alicyclic amines) is 1. The Kier molecular flexibility index (Phi) is 6.90. The minimum absolute atomic E-state index is 0.00330. The SMILES string of the molecule is CC1CCN(CC(=O)N(C)CC(=O)Nc2ccc(Cl)c(Cl)c2)CC1. The molecule has 1 fully saturated rings. The van der Waals surface area contributed by atoms with Gasteiger partial charge in [0.2, 0.25) is 11.8 Å². The number of hydrogen-bond donors (Lipinski definition) is 1. The summed E-state index contributed by atoms with van der Waals surface area (Å²) in [7, 11) is 1.64. The standard InChI is InChI=1S/C17H23Cl2N3O2/c1-12-5-7-22(8-6-12)11-17(24)21(2)10-16(23)20-13-3-4-14(18)15(19)9-13/h3-4,9,12H,5-8,10-11H2,1-2H3,(H,20,23). The van der Waals surface area contributed by atoms with E-state index in [9.17, 15) is 9.59 Å². The third-order valence-corrected chi connectivity index (χ3v) is 4.98. The number of nitrogens with one attached hydrogen (secondary N) is 1. The highest BCUT2D eigenvalue weighted by molar-refractivity contribution is 6.42. The van der Waals surface area contributed by atoms with Crippen LogP contribution < -0.4 is 5.32 Å². The molecule has 0 aromatic heterocycles. The van der Waals surface area contributed by atoms with Gasteiger partial charge in [0.25, 0.3) is 0 Å². The van der Waals surface area contributed by atoms with Crippen LogP contribution in [0.25, 0.3) is 0 Å². The van der Waals surface area contributed by atoms with Crippen LogP contribution in [-0.2, 0) is 9.59 Å². The van der Waals surface area contributed by atoms with Crippen LogP contribution in [0.1, 0.15) is 19.8 Å². The second-order valence-corrected chi connectivity index (χ2v) is 7.20. The number of halogens is 2. The van der Waals surface area contributed by atoms with E-state index < -0.39 is 0 Å². The molecule has 2 rings (SSSR count). The van der Waals surface area contributed by atoms with E-state index >= 15 is 0 Å². The molecule has 1 saturated heterocycles. The molecule has 7 heteroatoms. The van der Waals surface area contributed by atoms with Crippen molar-refractivity contribution in [2.45, 2.75) is 19.8 Å². The van der Waals surface area contributed by atoms with Crippen molar-refractivity contribution in [3.63, 3.8) is 0 Å². The maximum atomic E-state index is 12.2. The highest BCUT2D eigenvalue weighted by Gasteiger charge is 2.20. The lowest BCUT2D eigenvalue weighted by atomic mass is 9.99. The maximum Gasteiger partial charge on any atom is 0.243 e. The quantitative estimate of drug-likeness (QED) is 0.864. The van der Waals surface area contributed by atoms with E-state index in [1.54, 1.807) is 25.2 Å². The molecule has 24 heavy (non-hydrogen) atoms. The Morgan fingerprint density at radius 2 is 1.92 bits per heavy atom. The van der Waals surface area contributed by atoms with Crippen LogP contribution in [0, 0.1) is 5.92 Å². The molecule has 1 aromatic rings. The van der Waals surface area contributed by atoms with E-state index in [2.05, 4.69) is 17.1 Å². The molecule has 5 nitrogen and oxygen atoms in total. The first-order valence-electron chi connectivity index (χ1n) is 8.06. The molecule has 1 aliphatic heterocycles. The molecule has 0 spiro atoms. The van der Waals surface area contributed by atoms with Crippen LogP contribution in [0.4, 0.5) is 5.69 Å². The van der Waals surface area contributed by atoms with Gasteiger partial charge >= 0.3 is 0 Å². The number of benzene rings is 1. The summed E-state index contributed by atoms with van der Waals surface area (Å²) in [5.74, 6) is 0.413. The van der Waals surface area contributed by atoms with Crippen molar-refractivity contribution < 1.29 is 9.59 Å². The van der Waals surface area contributed by atoms with Crippen molar-refractivity contribution in [3.05, 3.63) is 28.2 Å². The molecular formula is C17H23Cl2N3O2. The zero-order valence-corrected chi connectivity index (χ0v) is 15.5. The normalized spacial score (nSPS) is 16.0. The number of likely N-dealkylation sites (N-methyl/N-ethyl adjacent to an activating group) is 1. The summed E-state index contributed by atoms with van der Waals surface area (Å²) in [6, 6.07) is 4.87. The Bertz CT molecular complexity index is 601. The number of carbonyl (C=O) groups is 2. The van der Waals surface area contributed by atoms with Gasteiger partial charge in [0.15, 0.2) is 0 Å². The first kappa shape index (κ1) is 19.0. The second-order valence-electron chi connectivity index (χ2n) is 6.39. The summed E-state index contributed by atoms with van der Waals surface area (Å²) in [6.45, 7) is 4.48. The highest BCUT2D eigenvalue weighted by Crippen LogP contribution is 2.24. The lowest BCUT2D eigenvalue weighted by molar-refractivity contribution is -0.134. The fourth-order valence-corrected chi connectivity index (χ4v) is 2.91. The van der Waals surface area contributed by atoms with E-state index in [0.717, 1.165) is 31.8 Å². The van der Waals surface area contributed by atoms with Gasteiger partial charge < -0.3 is 10.2 Å². The zero-order valence-electron chi connectivity index (χ0n) is 14.0. The molecular weight excluding hydrogens is 349 g/mol. The van der Waals surface area contributed by atoms with Crippen LogP contribution in [0.5, 0.6) is 0 Å². The molecule has 132 valence electrons. The van der Waals surface area contributed by atoms with Crippen LogP contribution >= 0.6 is 23.2 Å². The summed E-state index contributed by atoms with van der Waals surface area (Å²) in [6.07, 6.45) is 2.24. The summed E-state index contributed by atoms with van der Waals surface area (Å²) in [4.78, 5) is 27.9. The van der Waals surface area contributed by atoms with E-state index in [0.29, 0.717) is 22.3 Å². The monoisotopic (exact) mass is 371 g/mol. The minimum atomic E-state index is -0.267. The second kappa shape index (κ2) is 8.70. The third-order valence-electron chi connectivity index (χ3n) is 4.25. The van der Waals surface area contributed by atoms with Crippen LogP contribution in [0.15, 0.2) is 18.2 Å². The topological polar surface area (TPSA) is 52.7 Å². The molecule has 0 bridgehead atoms. The van der Waals surface area contributed by atoms with Crippen molar-refractivity contribution in [2.75, 3.05) is 38.5 Å². The average Bonchev–Trinajstić information content (AvgIpc) is 2.53. The van der Waals surface area contributed by atoms with Gasteiger partial charge in [-0.25, -0.2) is 0 Å². The molecule has 0 aliphatic carbocycles. The molecule has 1 aromatic carbocycles. The zero-order chi connectivity index (χ0) is 17.7. The van der Waals surface area contributed by atoms with Gasteiger partial charge in [0.1, 0.15) is 0 Å². The molecule has 1 aliphatic rings. The third kappa shape index (κ3) is 5.65. The highest BCUT2D eigenvalue weighted by atomic mass is 35.5. The van der Waals surface area contributed by atoms with Gasteiger partial charge in [-0.05, 0) is 50.0 Å². The van der Waals surface area contributed by atoms with Gasteiger partial charge in [0.05, 0.1) is 23.1 Å². The van der Waals surface area contributed by atoms with Crippen LogP contribution in [0.2, 0.25) is 10.0 Å². The summed E-state index contributed by atoms with van der Waals surface area (Å²) >= 11 is 11.8. The number of anilines is 1. The molecule has 0 saturated carbocycles. The Morgan fingerprint density at radius 3 is 2.54 bits per heavy atom. The minimum Gasteiger partial charge on any atom is -0.335 e. The molecule has 0 atom stereocenters. The van der Waals surface area contributed by atoms with E-state index in [-0.39, 0.29) is 18.4 Å². The Balaban J connectivity index is 1.79. The first-order chi connectivity index (χ1) is 11.3. The fraction of sp³-hybridized carbons (Fsp3) is 0.529. The molecule has 0 radical (unpaired) electrons. The lowest BCUT2D eigenvalue weighted by Crippen LogP contribution is -2.44. The number of piperidine rings is 1. The Hall–Kier alpha value is -1.30.